The van der Waals surface area contributed by atoms with Crippen LogP contribution in [0.3, 0.4) is 0 Å². The van der Waals surface area contributed by atoms with Gasteiger partial charge in [0.15, 0.2) is 0 Å². The molecule has 0 amide bonds. The van der Waals surface area contributed by atoms with Crippen LogP contribution in [0.15, 0.2) is 30.8 Å². The molecule has 0 aliphatic heterocycles. The summed E-state index contributed by atoms with van der Waals surface area (Å²) in [6.45, 7) is 12.4. The molecule has 0 bridgehead atoms. The fourth-order valence-electron chi connectivity index (χ4n) is 1.21. The summed E-state index contributed by atoms with van der Waals surface area (Å²) in [6.07, 6.45) is 1.02. The standard InChI is InChI=1S/C14H20OSi/c1-6-14(4,5)15-16-13-10-8-7-9-12(13)11(2)3/h7-10H,2,6H2,1,3-5H3. The molecule has 86 valence electrons. The van der Waals surface area contributed by atoms with E-state index < -0.39 is 0 Å². The molecule has 0 spiro atoms. The van der Waals surface area contributed by atoms with Crippen molar-refractivity contribution in [2.75, 3.05) is 0 Å². The highest BCUT2D eigenvalue weighted by Crippen LogP contribution is 2.13. The Balaban J connectivity index is 2.78. The molecule has 2 heteroatoms. The van der Waals surface area contributed by atoms with Crippen LogP contribution in [0.2, 0.25) is 0 Å². The second kappa shape index (κ2) is 5.46. The molecule has 0 aliphatic rings. The lowest BCUT2D eigenvalue weighted by Gasteiger charge is -2.24. The Labute approximate surface area is 101 Å². The molecule has 0 atom stereocenters. The molecule has 1 aromatic carbocycles. The van der Waals surface area contributed by atoms with Crippen LogP contribution < -0.4 is 5.19 Å². The third-order valence-electron chi connectivity index (χ3n) is 2.68. The number of hydrogen-bond donors (Lipinski definition) is 0. The normalized spacial score (nSPS) is 11.5. The van der Waals surface area contributed by atoms with Crippen LogP contribution in [0.1, 0.15) is 39.7 Å². The van der Waals surface area contributed by atoms with Gasteiger partial charge in [-0.05, 0) is 37.9 Å². The summed E-state index contributed by atoms with van der Waals surface area (Å²) >= 11 is 0. The van der Waals surface area contributed by atoms with Gasteiger partial charge >= 0.3 is 0 Å². The summed E-state index contributed by atoms with van der Waals surface area (Å²) in [5.41, 5.74) is 2.27. The molecular weight excluding hydrogens is 212 g/mol. The third kappa shape index (κ3) is 3.61. The van der Waals surface area contributed by atoms with Crippen molar-refractivity contribution in [2.45, 2.75) is 39.7 Å². The second-order valence-corrected chi connectivity index (χ2v) is 5.59. The first-order valence-corrected chi connectivity index (χ1v) is 6.56. The summed E-state index contributed by atoms with van der Waals surface area (Å²) in [4.78, 5) is 0. The maximum Gasteiger partial charge on any atom is 0.270 e. The summed E-state index contributed by atoms with van der Waals surface area (Å²) in [5, 5.41) is 1.25. The van der Waals surface area contributed by atoms with E-state index >= 15 is 0 Å². The van der Waals surface area contributed by atoms with Gasteiger partial charge in [-0.1, -0.05) is 43.3 Å². The molecule has 0 aliphatic carbocycles. The molecule has 0 unspecified atom stereocenters. The number of hydrogen-bond acceptors (Lipinski definition) is 1. The predicted molar refractivity (Wildman–Crippen MR) is 72.0 cm³/mol. The Morgan fingerprint density at radius 2 is 2.00 bits per heavy atom. The lowest BCUT2D eigenvalue weighted by atomic mass is 10.1. The van der Waals surface area contributed by atoms with Crippen LogP contribution in [-0.2, 0) is 4.43 Å². The van der Waals surface area contributed by atoms with Crippen molar-refractivity contribution in [3.8, 4) is 0 Å². The number of benzene rings is 1. The minimum Gasteiger partial charge on any atom is -0.406 e. The summed E-state index contributed by atoms with van der Waals surface area (Å²) in [6, 6.07) is 8.32. The minimum absolute atomic E-state index is 0.0410. The molecule has 0 saturated heterocycles. The van der Waals surface area contributed by atoms with Gasteiger partial charge in [0.05, 0.1) is 5.60 Å². The first-order valence-electron chi connectivity index (χ1n) is 5.65. The Hall–Kier alpha value is -0.863. The zero-order chi connectivity index (χ0) is 12.2. The molecule has 0 fully saturated rings. The fraction of sp³-hybridized carbons (Fsp3) is 0.429. The van der Waals surface area contributed by atoms with E-state index in [1.807, 2.05) is 13.0 Å². The Morgan fingerprint density at radius 3 is 2.56 bits per heavy atom. The molecule has 2 radical (unpaired) electrons. The van der Waals surface area contributed by atoms with Gasteiger partial charge in [-0.15, -0.1) is 0 Å². The van der Waals surface area contributed by atoms with Crippen molar-refractivity contribution in [3.63, 3.8) is 0 Å². The highest BCUT2D eigenvalue weighted by Gasteiger charge is 2.16. The zero-order valence-electron chi connectivity index (χ0n) is 10.6. The van der Waals surface area contributed by atoms with Crippen LogP contribution >= 0.6 is 0 Å². The SMILES string of the molecule is C=C(C)c1ccccc1[Si]OC(C)(C)CC. The minimum atomic E-state index is -0.0410. The average Bonchev–Trinajstić information content (AvgIpc) is 2.27. The van der Waals surface area contributed by atoms with Crippen molar-refractivity contribution in [1.82, 2.24) is 0 Å². The predicted octanol–water partition coefficient (Wildman–Crippen LogP) is 3.17. The quantitative estimate of drug-likeness (QED) is 0.709. The highest BCUT2D eigenvalue weighted by atomic mass is 28.2. The molecule has 0 saturated carbocycles. The van der Waals surface area contributed by atoms with E-state index in [4.69, 9.17) is 4.43 Å². The van der Waals surface area contributed by atoms with Gasteiger partial charge in [-0.2, -0.15) is 0 Å². The van der Waals surface area contributed by atoms with E-state index in [9.17, 15) is 0 Å². The smallest absolute Gasteiger partial charge is 0.270 e. The van der Waals surface area contributed by atoms with Gasteiger partial charge in [-0.3, -0.25) is 0 Å². The third-order valence-corrected chi connectivity index (χ3v) is 3.99. The van der Waals surface area contributed by atoms with Crippen LogP contribution in [0.4, 0.5) is 0 Å². The molecule has 0 aromatic heterocycles. The van der Waals surface area contributed by atoms with Crippen LogP contribution in [-0.4, -0.2) is 15.4 Å². The largest absolute Gasteiger partial charge is 0.406 e. The van der Waals surface area contributed by atoms with E-state index in [1.165, 1.54) is 10.8 Å². The average molecular weight is 232 g/mol. The van der Waals surface area contributed by atoms with Gasteiger partial charge in [0.2, 0.25) is 0 Å². The Bertz CT molecular complexity index is 369. The van der Waals surface area contributed by atoms with Gasteiger partial charge < -0.3 is 4.43 Å². The molecule has 16 heavy (non-hydrogen) atoms. The van der Waals surface area contributed by atoms with E-state index in [0.29, 0.717) is 9.76 Å². The van der Waals surface area contributed by atoms with Gasteiger partial charge in [-0.25, -0.2) is 0 Å². The Kier molecular flexibility index (Phi) is 4.51. The van der Waals surface area contributed by atoms with Gasteiger partial charge in [0, 0.05) is 0 Å². The molecule has 0 heterocycles. The second-order valence-electron chi connectivity index (χ2n) is 4.64. The lowest BCUT2D eigenvalue weighted by Crippen LogP contribution is -2.32. The topological polar surface area (TPSA) is 9.23 Å². The van der Waals surface area contributed by atoms with Crippen molar-refractivity contribution in [2.24, 2.45) is 0 Å². The van der Waals surface area contributed by atoms with E-state index in [1.54, 1.807) is 0 Å². The highest BCUT2D eigenvalue weighted by molar-refractivity contribution is 6.48. The molecular formula is C14H20OSi. The van der Waals surface area contributed by atoms with Crippen LogP contribution in [0, 0.1) is 0 Å². The van der Waals surface area contributed by atoms with Crippen LogP contribution in [0.25, 0.3) is 5.57 Å². The molecule has 1 aromatic rings. The monoisotopic (exact) mass is 232 g/mol. The first kappa shape index (κ1) is 13.2. The van der Waals surface area contributed by atoms with Crippen molar-refractivity contribution in [3.05, 3.63) is 36.4 Å². The lowest BCUT2D eigenvalue weighted by molar-refractivity contribution is 0.114. The first-order chi connectivity index (χ1) is 7.46. The molecule has 1 rings (SSSR count). The van der Waals surface area contributed by atoms with Gasteiger partial charge in [0.25, 0.3) is 9.76 Å². The summed E-state index contributed by atoms with van der Waals surface area (Å²) < 4.78 is 5.94. The van der Waals surface area contributed by atoms with Crippen LogP contribution in [0.5, 0.6) is 0 Å². The Morgan fingerprint density at radius 1 is 1.38 bits per heavy atom. The summed E-state index contributed by atoms with van der Waals surface area (Å²) in [5.74, 6) is 0. The van der Waals surface area contributed by atoms with Gasteiger partial charge in [0.1, 0.15) is 0 Å². The number of rotatable bonds is 5. The molecule has 0 N–H and O–H groups in total. The molecule has 1 nitrogen and oxygen atoms in total. The fourth-order valence-corrected chi connectivity index (χ4v) is 2.31. The van der Waals surface area contributed by atoms with Crippen molar-refractivity contribution in [1.29, 1.82) is 0 Å². The van der Waals surface area contributed by atoms with E-state index in [0.717, 1.165) is 12.0 Å². The maximum atomic E-state index is 5.94. The number of allylic oxidation sites excluding steroid dienone is 1. The zero-order valence-corrected chi connectivity index (χ0v) is 11.6. The van der Waals surface area contributed by atoms with E-state index in [-0.39, 0.29) is 5.60 Å². The van der Waals surface area contributed by atoms with E-state index in [2.05, 4.69) is 45.5 Å². The van der Waals surface area contributed by atoms with Crippen molar-refractivity contribution < 1.29 is 4.43 Å². The maximum absolute atomic E-state index is 5.94. The summed E-state index contributed by atoms with van der Waals surface area (Å²) in [7, 11) is 0.393. The van der Waals surface area contributed by atoms with Crippen molar-refractivity contribution >= 4 is 20.5 Å².